The van der Waals surface area contributed by atoms with Gasteiger partial charge in [0, 0.05) is 14.1 Å². The number of likely N-dealkylation sites (N-methyl/N-ethyl adjacent to an activating group) is 2. The number of anilines is 1. The molecule has 0 saturated heterocycles. The van der Waals surface area contributed by atoms with Crippen molar-refractivity contribution in [1.82, 2.24) is 20.5 Å². The number of rotatable bonds is 3. The van der Waals surface area contributed by atoms with Crippen molar-refractivity contribution in [2.75, 3.05) is 25.5 Å². The van der Waals surface area contributed by atoms with Crippen LogP contribution in [-0.4, -0.2) is 41.7 Å². The molecule has 1 aromatic rings. The van der Waals surface area contributed by atoms with Gasteiger partial charge in [0.05, 0.1) is 6.54 Å². The number of carbonyl (C=O) groups is 1. The maximum absolute atomic E-state index is 11.1. The lowest BCUT2D eigenvalue weighted by molar-refractivity contribution is -0.119. The van der Waals surface area contributed by atoms with E-state index in [1.165, 1.54) is 4.90 Å². The SMILES string of the molecule is CNC(=O)CN(C)c1nc(Cl)nnc1Cl. The first kappa shape index (κ1) is 11.9. The Balaban J connectivity index is 2.85. The predicted molar refractivity (Wildman–Crippen MR) is 57.2 cm³/mol. The standard InChI is InChI=1S/C7H9Cl2N5O/c1-10-4(15)3-14(2)6-5(8)12-13-7(9)11-6/h3H2,1-2H3,(H,10,15). The van der Waals surface area contributed by atoms with Crippen LogP contribution in [0, 0.1) is 0 Å². The van der Waals surface area contributed by atoms with E-state index < -0.39 is 0 Å². The smallest absolute Gasteiger partial charge is 0.245 e. The first-order valence-electron chi connectivity index (χ1n) is 4.02. The van der Waals surface area contributed by atoms with Gasteiger partial charge in [0.1, 0.15) is 0 Å². The molecule has 0 fully saturated rings. The van der Waals surface area contributed by atoms with Crippen molar-refractivity contribution in [2.24, 2.45) is 0 Å². The lowest BCUT2D eigenvalue weighted by atomic mass is 10.5. The summed E-state index contributed by atoms with van der Waals surface area (Å²) >= 11 is 11.3. The molecule has 6 nitrogen and oxygen atoms in total. The monoisotopic (exact) mass is 249 g/mol. The fourth-order valence-corrected chi connectivity index (χ4v) is 1.24. The molecule has 1 N–H and O–H groups in total. The first-order chi connectivity index (χ1) is 7.04. The summed E-state index contributed by atoms with van der Waals surface area (Å²) < 4.78 is 0. The average Bonchev–Trinajstić information content (AvgIpc) is 2.21. The van der Waals surface area contributed by atoms with E-state index in [-0.39, 0.29) is 22.9 Å². The normalized spacial score (nSPS) is 9.87. The third-order valence-corrected chi connectivity index (χ3v) is 2.03. The highest BCUT2D eigenvalue weighted by Crippen LogP contribution is 2.19. The second-order valence-electron chi connectivity index (χ2n) is 2.72. The summed E-state index contributed by atoms with van der Waals surface area (Å²) in [6, 6.07) is 0. The summed E-state index contributed by atoms with van der Waals surface area (Å²) in [5, 5.41) is 9.61. The summed E-state index contributed by atoms with van der Waals surface area (Å²) in [5.74, 6) is 0.156. The van der Waals surface area contributed by atoms with Gasteiger partial charge in [-0.15, -0.1) is 10.2 Å². The molecule has 0 aliphatic rings. The number of hydrogen-bond donors (Lipinski definition) is 1. The predicted octanol–water partition coefficient (Wildman–Crippen LogP) is 0.361. The number of nitrogens with one attached hydrogen (secondary N) is 1. The summed E-state index contributed by atoms with van der Waals surface area (Å²) in [5.41, 5.74) is 0. The zero-order valence-corrected chi connectivity index (χ0v) is 9.67. The third-order valence-electron chi connectivity index (χ3n) is 1.62. The molecule has 0 unspecified atom stereocenters. The van der Waals surface area contributed by atoms with Crippen LogP contribution in [0.5, 0.6) is 0 Å². The second kappa shape index (κ2) is 5.09. The lowest BCUT2D eigenvalue weighted by Crippen LogP contribution is -2.33. The fourth-order valence-electron chi connectivity index (χ4n) is 0.898. The fraction of sp³-hybridized carbons (Fsp3) is 0.429. The summed E-state index contributed by atoms with van der Waals surface area (Å²) in [4.78, 5) is 16.5. The van der Waals surface area contributed by atoms with E-state index in [1.807, 2.05) is 0 Å². The second-order valence-corrected chi connectivity index (χ2v) is 3.42. The van der Waals surface area contributed by atoms with Gasteiger partial charge in [0.15, 0.2) is 11.0 Å². The van der Waals surface area contributed by atoms with Gasteiger partial charge in [0.2, 0.25) is 11.2 Å². The van der Waals surface area contributed by atoms with E-state index in [1.54, 1.807) is 14.1 Å². The largest absolute Gasteiger partial charge is 0.358 e. The quantitative estimate of drug-likeness (QED) is 0.838. The molecule has 0 bridgehead atoms. The highest BCUT2D eigenvalue weighted by Gasteiger charge is 2.13. The molecule has 82 valence electrons. The Morgan fingerprint density at radius 2 is 2.13 bits per heavy atom. The minimum Gasteiger partial charge on any atom is -0.358 e. The molecule has 0 aromatic carbocycles. The van der Waals surface area contributed by atoms with Crippen molar-refractivity contribution in [2.45, 2.75) is 0 Å². The van der Waals surface area contributed by atoms with Crippen molar-refractivity contribution in [3.05, 3.63) is 10.4 Å². The molecule has 1 amide bonds. The number of halogens is 2. The van der Waals surface area contributed by atoms with Crippen LogP contribution in [0.25, 0.3) is 0 Å². The van der Waals surface area contributed by atoms with Crippen LogP contribution in [0.1, 0.15) is 0 Å². The molecule has 1 rings (SSSR count). The Labute approximate surface area is 96.6 Å². The van der Waals surface area contributed by atoms with Crippen molar-refractivity contribution < 1.29 is 4.79 Å². The highest BCUT2D eigenvalue weighted by molar-refractivity contribution is 6.32. The van der Waals surface area contributed by atoms with Crippen LogP contribution >= 0.6 is 23.2 Å². The van der Waals surface area contributed by atoms with Crippen LogP contribution in [0.2, 0.25) is 10.4 Å². The van der Waals surface area contributed by atoms with Gasteiger partial charge < -0.3 is 10.2 Å². The average molecular weight is 250 g/mol. The molecule has 0 saturated carbocycles. The first-order valence-corrected chi connectivity index (χ1v) is 4.77. The van der Waals surface area contributed by atoms with Crippen LogP contribution in [0.15, 0.2) is 0 Å². The van der Waals surface area contributed by atoms with Crippen LogP contribution in [0.4, 0.5) is 5.82 Å². The number of amides is 1. The molecule has 8 heteroatoms. The number of aromatic nitrogens is 3. The number of hydrogen-bond acceptors (Lipinski definition) is 5. The lowest BCUT2D eigenvalue weighted by Gasteiger charge is -2.16. The summed E-state index contributed by atoms with van der Waals surface area (Å²) in [6.07, 6.45) is 0. The minimum absolute atomic E-state index is 0.0156. The maximum Gasteiger partial charge on any atom is 0.245 e. The van der Waals surface area contributed by atoms with Gasteiger partial charge in [-0.1, -0.05) is 11.6 Å². The molecule has 1 aromatic heterocycles. The van der Waals surface area contributed by atoms with Crippen LogP contribution < -0.4 is 10.2 Å². The number of carbonyl (C=O) groups excluding carboxylic acids is 1. The van der Waals surface area contributed by atoms with Crippen molar-refractivity contribution in [1.29, 1.82) is 0 Å². The van der Waals surface area contributed by atoms with E-state index in [2.05, 4.69) is 20.5 Å². The molecular formula is C7H9Cl2N5O. The third kappa shape index (κ3) is 3.17. The van der Waals surface area contributed by atoms with E-state index >= 15 is 0 Å². The molecule has 0 aliphatic carbocycles. The molecular weight excluding hydrogens is 241 g/mol. The van der Waals surface area contributed by atoms with Gasteiger partial charge in [0.25, 0.3) is 0 Å². The van der Waals surface area contributed by atoms with Crippen LogP contribution in [-0.2, 0) is 4.79 Å². The number of nitrogens with zero attached hydrogens (tertiary/aromatic N) is 4. The zero-order chi connectivity index (χ0) is 11.4. The van der Waals surface area contributed by atoms with Crippen molar-refractivity contribution in [3.63, 3.8) is 0 Å². The maximum atomic E-state index is 11.1. The highest BCUT2D eigenvalue weighted by atomic mass is 35.5. The summed E-state index contributed by atoms with van der Waals surface area (Å²) in [6.45, 7) is 0.116. The Kier molecular flexibility index (Phi) is 4.05. The molecule has 0 radical (unpaired) electrons. The van der Waals surface area contributed by atoms with Gasteiger partial charge in [-0.05, 0) is 11.6 Å². The Morgan fingerprint density at radius 1 is 1.47 bits per heavy atom. The van der Waals surface area contributed by atoms with E-state index in [4.69, 9.17) is 23.2 Å². The molecule has 0 aliphatic heterocycles. The molecule has 1 heterocycles. The van der Waals surface area contributed by atoms with Crippen molar-refractivity contribution in [3.8, 4) is 0 Å². The van der Waals surface area contributed by atoms with Gasteiger partial charge in [-0.2, -0.15) is 4.98 Å². The molecule has 15 heavy (non-hydrogen) atoms. The Morgan fingerprint density at radius 3 is 2.73 bits per heavy atom. The van der Waals surface area contributed by atoms with Crippen LogP contribution in [0.3, 0.4) is 0 Å². The van der Waals surface area contributed by atoms with Gasteiger partial charge in [-0.3, -0.25) is 4.79 Å². The minimum atomic E-state index is -0.164. The Hall–Kier alpha value is -1.14. The van der Waals surface area contributed by atoms with Gasteiger partial charge in [-0.25, -0.2) is 0 Å². The van der Waals surface area contributed by atoms with E-state index in [0.29, 0.717) is 5.82 Å². The molecule has 0 atom stereocenters. The molecule has 0 spiro atoms. The van der Waals surface area contributed by atoms with E-state index in [0.717, 1.165) is 0 Å². The van der Waals surface area contributed by atoms with E-state index in [9.17, 15) is 4.79 Å². The van der Waals surface area contributed by atoms with Gasteiger partial charge >= 0.3 is 0 Å². The topological polar surface area (TPSA) is 71.0 Å². The summed E-state index contributed by atoms with van der Waals surface area (Å²) in [7, 11) is 3.20. The zero-order valence-electron chi connectivity index (χ0n) is 8.16. The Bertz CT molecular complexity index is 372. The van der Waals surface area contributed by atoms with Crippen molar-refractivity contribution >= 4 is 34.9 Å².